The number of likely N-dealkylation sites (N-methyl/N-ethyl adjacent to an activating group) is 1. The number of carbonyl (C=O) groups excluding carboxylic acids is 2. The smallest absolute Gasteiger partial charge is 0.338 e. The molecule has 1 aromatic heterocycles. The highest BCUT2D eigenvalue weighted by molar-refractivity contribution is 7.89. The summed E-state index contributed by atoms with van der Waals surface area (Å²) in [5, 5.41) is 0. The van der Waals surface area contributed by atoms with Gasteiger partial charge in [0.2, 0.25) is 10.0 Å². The summed E-state index contributed by atoms with van der Waals surface area (Å²) in [6.07, 6.45) is 0. The minimum absolute atomic E-state index is 0.00290. The summed E-state index contributed by atoms with van der Waals surface area (Å²) in [6.45, 7) is 1.07. The van der Waals surface area contributed by atoms with Crippen molar-refractivity contribution in [3.8, 4) is 0 Å². The lowest BCUT2D eigenvalue weighted by Crippen LogP contribution is -2.40. The summed E-state index contributed by atoms with van der Waals surface area (Å²) >= 11 is 7.25. The van der Waals surface area contributed by atoms with E-state index in [1.807, 2.05) is 6.07 Å². The molecule has 1 saturated heterocycles. The molecule has 0 aliphatic carbocycles. The lowest BCUT2D eigenvalue weighted by molar-refractivity contribution is -0.133. The van der Waals surface area contributed by atoms with E-state index < -0.39 is 22.6 Å². The first-order chi connectivity index (χ1) is 14.3. The number of rotatable bonds is 7. The van der Waals surface area contributed by atoms with Crippen LogP contribution in [0.25, 0.3) is 0 Å². The van der Waals surface area contributed by atoms with Crippen LogP contribution in [0, 0.1) is 0 Å². The van der Waals surface area contributed by atoms with Gasteiger partial charge in [0.25, 0.3) is 5.91 Å². The van der Waals surface area contributed by atoms with E-state index in [4.69, 9.17) is 21.1 Å². The molecule has 0 spiro atoms. The first kappa shape index (κ1) is 22.7. The van der Waals surface area contributed by atoms with Gasteiger partial charge >= 0.3 is 5.97 Å². The van der Waals surface area contributed by atoms with E-state index in [0.717, 1.165) is 4.88 Å². The summed E-state index contributed by atoms with van der Waals surface area (Å²) in [6, 6.07) is 9.17. The molecule has 1 aromatic carbocycles. The molecule has 1 amide bonds. The highest BCUT2D eigenvalue weighted by Gasteiger charge is 2.27. The summed E-state index contributed by atoms with van der Waals surface area (Å²) in [4.78, 5) is 26.9. The Bertz CT molecular complexity index is 1020. The number of thiophene rings is 1. The van der Waals surface area contributed by atoms with E-state index >= 15 is 0 Å². The van der Waals surface area contributed by atoms with Crippen LogP contribution in [0.1, 0.15) is 15.2 Å². The minimum atomic E-state index is -3.73. The normalized spacial score (nSPS) is 15.0. The van der Waals surface area contributed by atoms with Crippen LogP contribution in [0.3, 0.4) is 0 Å². The van der Waals surface area contributed by atoms with Crippen LogP contribution in [0.4, 0.5) is 0 Å². The van der Waals surface area contributed by atoms with Crippen LogP contribution < -0.4 is 0 Å². The third kappa shape index (κ3) is 5.58. The van der Waals surface area contributed by atoms with Gasteiger partial charge in [-0.3, -0.25) is 4.79 Å². The average molecular weight is 473 g/mol. The Morgan fingerprint density at radius 2 is 1.97 bits per heavy atom. The second-order valence-electron chi connectivity index (χ2n) is 6.58. The van der Waals surface area contributed by atoms with Crippen LogP contribution in [-0.4, -0.2) is 69.5 Å². The number of hydrogen-bond donors (Lipinski definition) is 0. The Kier molecular flexibility index (Phi) is 7.48. The number of carbonyl (C=O) groups is 2. The van der Waals surface area contributed by atoms with Gasteiger partial charge in [0.1, 0.15) is 0 Å². The van der Waals surface area contributed by atoms with Gasteiger partial charge < -0.3 is 14.4 Å². The van der Waals surface area contributed by atoms with Crippen LogP contribution >= 0.6 is 22.9 Å². The van der Waals surface area contributed by atoms with Crippen molar-refractivity contribution >= 4 is 44.8 Å². The van der Waals surface area contributed by atoms with Crippen molar-refractivity contribution in [1.29, 1.82) is 0 Å². The lowest BCUT2D eigenvalue weighted by Gasteiger charge is -2.26. The van der Waals surface area contributed by atoms with Crippen LogP contribution in [0.5, 0.6) is 0 Å². The fraction of sp³-hybridized carbons (Fsp3) is 0.368. The fourth-order valence-electron chi connectivity index (χ4n) is 2.80. The molecule has 0 unspecified atom stereocenters. The molecule has 1 aliphatic rings. The molecule has 2 heterocycles. The molecular weight excluding hydrogens is 452 g/mol. The number of esters is 1. The van der Waals surface area contributed by atoms with Gasteiger partial charge in [-0.05, 0) is 30.3 Å². The van der Waals surface area contributed by atoms with Gasteiger partial charge in [-0.1, -0.05) is 17.7 Å². The van der Waals surface area contributed by atoms with Gasteiger partial charge in [-0.25, -0.2) is 13.2 Å². The number of amides is 1. The molecule has 1 aliphatic heterocycles. The fourth-order valence-corrected chi connectivity index (χ4v) is 5.39. The van der Waals surface area contributed by atoms with E-state index in [1.165, 1.54) is 44.8 Å². The van der Waals surface area contributed by atoms with E-state index in [1.54, 1.807) is 13.1 Å². The maximum atomic E-state index is 12.7. The van der Waals surface area contributed by atoms with Crippen molar-refractivity contribution in [2.75, 3.05) is 40.0 Å². The van der Waals surface area contributed by atoms with E-state index in [-0.39, 0.29) is 29.5 Å². The summed E-state index contributed by atoms with van der Waals surface area (Å²) in [5.41, 5.74) is 0.0600. The standard InChI is InChI=1S/C19H21ClN2O6S2/c1-21(12-15-5-6-17(20)29-15)18(23)13-28-19(24)14-3-2-4-16(11-14)30(25,26)22-7-9-27-10-8-22/h2-6,11H,7-10,12-13H2,1H3. The highest BCUT2D eigenvalue weighted by atomic mass is 35.5. The topological polar surface area (TPSA) is 93.2 Å². The summed E-state index contributed by atoms with van der Waals surface area (Å²) in [7, 11) is -2.14. The lowest BCUT2D eigenvalue weighted by atomic mass is 10.2. The van der Waals surface area contributed by atoms with Crippen molar-refractivity contribution in [1.82, 2.24) is 9.21 Å². The van der Waals surface area contributed by atoms with Crippen LogP contribution in [0.2, 0.25) is 4.34 Å². The van der Waals surface area contributed by atoms with Crippen LogP contribution in [-0.2, 0) is 30.8 Å². The van der Waals surface area contributed by atoms with E-state index in [2.05, 4.69) is 0 Å². The molecule has 0 bridgehead atoms. The zero-order chi connectivity index (χ0) is 21.7. The molecule has 0 N–H and O–H groups in total. The number of halogens is 1. The summed E-state index contributed by atoms with van der Waals surface area (Å²) in [5.74, 6) is -1.15. The Morgan fingerprint density at radius 1 is 1.23 bits per heavy atom. The highest BCUT2D eigenvalue weighted by Crippen LogP contribution is 2.22. The number of sulfonamides is 1. The van der Waals surface area contributed by atoms with Crippen LogP contribution in [0.15, 0.2) is 41.3 Å². The molecule has 8 nitrogen and oxygen atoms in total. The van der Waals surface area contributed by atoms with E-state index in [9.17, 15) is 18.0 Å². The molecule has 30 heavy (non-hydrogen) atoms. The summed E-state index contributed by atoms with van der Waals surface area (Å²) < 4.78 is 37.7. The number of nitrogens with zero attached hydrogens (tertiary/aromatic N) is 2. The van der Waals surface area contributed by atoms with Gasteiger partial charge in [0, 0.05) is 25.0 Å². The molecule has 1 fully saturated rings. The predicted molar refractivity (Wildman–Crippen MR) is 112 cm³/mol. The SMILES string of the molecule is CN(Cc1ccc(Cl)s1)C(=O)COC(=O)c1cccc(S(=O)(=O)N2CCOCC2)c1. The first-order valence-corrected chi connectivity index (χ1v) is 11.7. The molecule has 162 valence electrons. The Labute approximate surface area is 184 Å². The van der Waals surface area contributed by atoms with Crippen molar-refractivity contribution in [3.05, 3.63) is 51.2 Å². The Hall–Kier alpha value is -1.98. The number of benzene rings is 1. The quantitative estimate of drug-likeness (QED) is 0.574. The molecule has 11 heteroatoms. The van der Waals surface area contributed by atoms with Gasteiger partial charge in [-0.2, -0.15) is 4.31 Å². The molecule has 0 radical (unpaired) electrons. The molecule has 0 saturated carbocycles. The number of hydrogen-bond acceptors (Lipinski definition) is 7. The molecule has 2 aromatic rings. The Morgan fingerprint density at radius 3 is 2.63 bits per heavy atom. The van der Waals surface area contributed by atoms with Gasteiger partial charge in [-0.15, -0.1) is 11.3 Å². The monoisotopic (exact) mass is 472 g/mol. The van der Waals surface area contributed by atoms with Crippen molar-refractivity contribution in [2.45, 2.75) is 11.4 Å². The first-order valence-electron chi connectivity index (χ1n) is 9.10. The maximum absolute atomic E-state index is 12.7. The van der Waals surface area contributed by atoms with Crippen molar-refractivity contribution < 1.29 is 27.5 Å². The van der Waals surface area contributed by atoms with Gasteiger partial charge in [0.15, 0.2) is 6.61 Å². The van der Waals surface area contributed by atoms with Crippen molar-refractivity contribution in [3.63, 3.8) is 0 Å². The third-order valence-corrected chi connectivity index (χ3v) is 7.56. The molecular formula is C19H21ClN2O6S2. The number of ether oxygens (including phenoxy) is 2. The van der Waals surface area contributed by atoms with E-state index in [0.29, 0.717) is 24.1 Å². The zero-order valence-corrected chi connectivity index (χ0v) is 18.6. The number of morpholine rings is 1. The molecule has 0 atom stereocenters. The van der Waals surface area contributed by atoms with Crippen molar-refractivity contribution in [2.24, 2.45) is 0 Å². The second-order valence-corrected chi connectivity index (χ2v) is 10.3. The largest absolute Gasteiger partial charge is 0.452 e. The minimum Gasteiger partial charge on any atom is -0.452 e. The average Bonchev–Trinajstić information content (AvgIpc) is 3.16. The third-order valence-electron chi connectivity index (χ3n) is 4.45. The predicted octanol–water partition coefficient (Wildman–Crippen LogP) is 2.24. The second kappa shape index (κ2) is 9.88. The molecule has 3 rings (SSSR count). The zero-order valence-electron chi connectivity index (χ0n) is 16.2. The Balaban J connectivity index is 1.60. The van der Waals surface area contributed by atoms with Gasteiger partial charge in [0.05, 0.1) is 34.6 Å². The maximum Gasteiger partial charge on any atom is 0.338 e.